The number of aliphatic carboxylic acids is 1. The number of carboxylic acid groups (broad SMARTS) is 1. The Bertz CT molecular complexity index is 386. The molecule has 0 saturated heterocycles. The number of nitrogens with zero attached hydrogens (tertiary/aromatic N) is 1. The lowest BCUT2D eigenvalue weighted by molar-refractivity contribution is -0.138. The molecule has 0 heterocycles. The van der Waals surface area contributed by atoms with Gasteiger partial charge in [-0.2, -0.15) is 5.26 Å². The third kappa shape index (κ3) is 10.7. The average molecular weight is 335 g/mol. The van der Waals surface area contributed by atoms with E-state index in [-0.39, 0.29) is 0 Å². The fraction of sp³-hybridized carbons (Fsp3) is 0.769. The minimum Gasteiger partial charge on any atom is -0.480 e. The second-order valence-electron chi connectivity index (χ2n) is 4.70. The molecule has 0 spiro atoms. The molecule has 0 radical (unpaired) electrons. The Kier molecular flexibility index (Phi) is 14.4. The number of aliphatic hydroxyl groups excluding tert-OH is 4. The maximum Gasteiger partial charge on any atom is 0.320 e. The number of nitriles is 1. The molecule has 0 aromatic carbocycles. The van der Waals surface area contributed by atoms with Crippen LogP contribution < -0.4 is 11.5 Å². The fourth-order valence-electron chi connectivity index (χ4n) is 1.40. The standard InChI is InChI=1S/C7H11NO5.C6H14N2O2/c8-1-4(5(11)2-9)7(13)6(12)3-10;7-4-2-1-3-5(8)6(9)10/h4,6-7,9-10,12-13H,2-3H2;5H,1-4,7-8H2,(H,9,10)/t4-,6+,7+;/m0./s1. The first kappa shape index (κ1) is 23.7. The Morgan fingerprint density at radius 3 is 2.09 bits per heavy atom. The maximum atomic E-state index is 10.8. The summed E-state index contributed by atoms with van der Waals surface area (Å²) >= 11 is 0. The van der Waals surface area contributed by atoms with Crippen molar-refractivity contribution in [1.29, 1.82) is 5.26 Å². The first-order valence-electron chi connectivity index (χ1n) is 6.95. The maximum absolute atomic E-state index is 10.8. The molecule has 10 nitrogen and oxygen atoms in total. The SMILES string of the molecule is N#C[C@@H](C(=O)CO)[C@@H](O)[C@H](O)CO.NCCCCC(N)C(=O)O. The van der Waals surface area contributed by atoms with Crippen molar-refractivity contribution in [3.05, 3.63) is 0 Å². The van der Waals surface area contributed by atoms with E-state index in [2.05, 4.69) is 0 Å². The summed E-state index contributed by atoms with van der Waals surface area (Å²) in [5.74, 6) is -3.33. The molecule has 9 N–H and O–H groups in total. The normalized spacial score (nSPS) is 15.3. The fourth-order valence-corrected chi connectivity index (χ4v) is 1.40. The molecular formula is C13H25N3O7. The van der Waals surface area contributed by atoms with E-state index in [0.29, 0.717) is 13.0 Å². The lowest BCUT2D eigenvalue weighted by Gasteiger charge is -2.18. The number of hydrogen-bond acceptors (Lipinski definition) is 9. The van der Waals surface area contributed by atoms with E-state index in [1.54, 1.807) is 0 Å². The predicted octanol–water partition coefficient (Wildman–Crippen LogP) is -3.07. The number of nitrogens with two attached hydrogens (primary N) is 2. The zero-order chi connectivity index (χ0) is 18.4. The molecule has 0 aliphatic heterocycles. The third-order valence-electron chi connectivity index (χ3n) is 2.85. The van der Waals surface area contributed by atoms with Gasteiger partial charge in [0.1, 0.15) is 30.8 Å². The topological polar surface area (TPSA) is 211 Å². The minimum atomic E-state index is -1.67. The molecule has 1 unspecified atom stereocenters. The first-order valence-corrected chi connectivity index (χ1v) is 6.95. The molecule has 0 amide bonds. The van der Waals surface area contributed by atoms with Crippen LogP contribution in [0.4, 0.5) is 0 Å². The Labute approximate surface area is 133 Å². The highest BCUT2D eigenvalue weighted by Gasteiger charge is 2.30. The van der Waals surface area contributed by atoms with Gasteiger partial charge >= 0.3 is 5.97 Å². The molecule has 0 saturated carbocycles. The molecule has 10 heteroatoms. The molecule has 0 aliphatic carbocycles. The van der Waals surface area contributed by atoms with Crippen molar-refractivity contribution in [2.24, 2.45) is 17.4 Å². The number of carbonyl (C=O) groups is 2. The van der Waals surface area contributed by atoms with Crippen molar-refractivity contribution in [1.82, 2.24) is 0 Å². The first-order chi connectivity index (χ1) is 10.8. The highest BCUT2D eigenvalue weighted by molar-refractivity contribution is 5.84. The van der Waals surface area contributed by atoms with Crippen LogP contribution in [0.2, 0.25) is 0 Å². The lowest BCUT2D eigenvalue weighted by atomic mass is 9.95. The van der Waals surface area contributed by atoms with Crippen molar-refractivity contribution in [2.75, 3.05) is 19.8 Å². The minimum absolute atomic E-state index is 0.520. The van der Waals surface area contributed by atoms with Crippen molar-refractivity contribution in [2.45, 2.75) is 37.5 Å². The van der Waals surface area contributed by atoms with Gasteiger partial charge in [0.15, 0.2) is 5.78 Å². The second kappa shape index (κ2) is 14.0. The number of hydrogen-bond donors (Lipinski definition) is 7. The summed E-state index contributed by atoms with van der Waals surface area (Å²) in [5, 5.41) is 51.5. The number of carbonyl (C=O) groups excluding carboxylic acids is 1. The smallest absolute Gasteiger partial charge is 0.320 e. The highest BCUT2D eigenvalue weighted by atomic mass is 16.4. The molecule has 4 atom stereocenters. The van der Waals surface area contributed by atoms with Crippen LogP contribution in [0.3, 0.4) is 0 Å². The molecular weight excluding hydrogens is 310 g/mol. The summed E-state index contributed by atoms with van der Waals surface area (Å²) in [6, 6.07) is 0.721. The number of carboxylic acids is 1. The molecule has 0 aromatic rings. The Morgan fingerprint density at radius 1 is 1.17 bits per heavy atom. The van der Waals surface area contributed by atoms with Crippen LogP contribution in [0.15, 0.2) is 0 Å². The molecule has 134 valence electrons. The molecule has 23 heavy (non-hydrogen) atoms. The van der Waals surface area contributed by atoms with Gasteiger partial charge in [0.25, 0.3) is 0 Å². The summed E-state index contributed by atoms with van der Waals surface area (Å²) in [5.41, 5.74) is 10.4. The van der Waals surface area contributed by atoms with E-state index in [4.69, 9.17) is 42.3 Å². The van der Waals surface area contributed by atoms with E-state index in [0.717, 1.165) is 12.8 Å². The molecule has 0 bridgehead atoms. The van der Waals surface area contributed by atoms with Crippen molar-refractivity contribution in [3.63, 3.8) is 0 Å². The Balaban J connectivity index is 0. The lowest BCUT2D eigenvalue weighted by Crippen LogP contribution is -2.40. The molecule has 0 rings (SSSR count). The van der Waals surface area contributed by atoms with Crippen molar-refractivity contribution >= 4 is 11.8 Å². The second-order valence-corrected chi connectivity index (χ2v) is 4.70. The van der Waals surface area contributed by atoms with Crippen LogP contribution in [-0.4, -0.2) is 75.3 Å². The van der Waals surface area contributed by atoms with Gasteiger partial charge in [-0.05, 0) is 19.4 Å². The molecule has 0 aliphatic rings. The van der Waals surface area contributed by atoms with Crippen LogP contribution in [0.25, 0.3) is 0 Å². The Hall–Kier alpha value is -1.61. The van der Waals surface area contributed by atoms with E-state index in [1.165, 1.54) is 6.07 Å². The third-order valence-corrected chi connectivity index (χ3v) is 2.85. The van der Waals surface area contributed by atoms with Crippen molar-refractivity contribution in [3.8, 4) is 6.07 Å². The highest BCUT2D eigenvalue weighted by Crippen LogP contribution is 2.08. The van der Waals surface area contributed by atoms with Crippen LogP contribution in [-0.2, 0) is 9.59 Å². The van der Waals surface area contributed by atoms with E-state index >= 15 is 0 Å². The van der Waals surface area contributed by atoms with Gasteiger partial charge in [0, 0.05) is 0 Å². The van der Waals surface area contributed by atoms with Gasteiger partial charge in [-0.15, -0.1) is 0 Å². The van der Waals surface area contributed by atoms with Gasteiger partial charge in [-0.3, -0.25) is 9.59 Å². The Morgan fingerprint density at radius 2 is 1.74 bits per heavy atom. The van der Waals surface area contributed by atoms with Gasteiger partial charge in [0.2, 0.25) is 0 Å². The number of unbranched alkanes of at least 4 members (excludes halogenated alkanes) is 1. The average Bonchev–Trinajstić information content (AvgIpc) is 2.54. The monoisotopic (exact) mass is 335 g/mol. The zero-order valence-electron chi connectivity index (χ0n) is 12.7. The number of aliphatic hydroxyl groups is 4. The van der Waals surface area contributed by atoms with E-state index in [1.807, 2.05) is 0 Å². The summed E-state index contributed by atoms with van der Waals surface area (Å²) in [7, 11) is 0. The zero-order valence-corrected chi connectivity index (χ0v) is 12.7. The largest absolute Gasteiger partial charge is 0.480 e. The quantitative estimate of drug-likeness (QED) is 0.200. The number of Topliss-reactive ketones (excluding diaryl/α,β-unsaturated/α-hetero) is 1. The van der Waals surface area contributed by atoms with Gasteiger partial charge < -0.3 is 37.0 Å². The summed E-state index contributed by atoms with van der Waals surface area (Å²) in [6.45, 7) is -1.03. The summed E-state index contributed by atoms with van der Waals surface area (Å²) in [6.07, 6.45) is -1.06. The van der Waals surface area contributed by atoms with Gasteiger partial charge in [0.05, 0.1) is 12.7 Å². The van der Waals surface area contributed by atoms with Crippen LogP contribution >= 0.6 is 0 Å². The summed E-state index contributed by atoms with van der Waals surface area (Å²) in [4.78, 5) is 20.9. The van der Waals surface area contributed by atoms with E-state index < -0.39 is 49.1 Å². The van der Waals surface area contributed by atoms with Crippen LogP contribution in [0, 0.1) is 17.2 Å². The van der Waals surface area contributed by atoms with Gasteiger partial charge in [-0.1, -0.05) is 6.42 Å². The van der Waals surface area contributed by atoms with Crippen molar-refractivity contribution < 1.29 is 35.1 Å². The van der Waals surface area contributed by atoms with E-state index in [9.17, 15) is 9.59 Å². The molecule has 0 fully saturated rings. The van der Waals surface area contributed by atoms with Gasteiger partial charge in [-0.25, -0.2) is 0 Å². The van der Waals surface area contributed by atoms with Crippen LogP contribution in [0.5, 0.6) is 0 Å². The summed E-state index contributed by atoms with van der Waals surface area (Å²) < 4.78 is 0. The molecule has 0 aromatic heterocycles. The number of ketones is 1. The predicted molar refractivity (Wildman–Crippen MR) is 78.8 cm³/mol. The van der Waals surface area contributed by atoms with Crippen LogP contribution in [0.1, 0.15) is 19.3 Å². The number of rotatable bonds is 10.